The monoisotopic (exact) mass is 977 g/mol. The highest BCUT2D eigenvalue weighted by atomic mass is 16.6. The number of nitrogens with zero attached hydrogens (tertiary/aromatic N) is 5. The number of cyclic esters (lactones) is 1. The summed E-state index contributed by atoms with van der Waals surface area (Å²) in [6, 6.07) is 2.50. The number of unbranched alkanes of at least 4 members (excludes halogenated alkanes) is 2. The number of esters is 1. The number of likely N-dealkylation sites (N-methyl/N-ethyl adjacent to an activating group) is 3. The molecular formula is C53H84N8O9. The third kappa shape index (κ3) is 16.5. The van der Waals surface area contributed by atoms with Crippen molar-refractivity contribution < 1.29 is 43.1 Å². The number of aromatic nitrogens is 1. The van der Waals surface area contributed by atoms with Crippen molar-refractivity contribution in [3.63, 3.8) is 0 Å². The van der Waals surface area contributed by atoms with E-state index in [1.54, 1.807) is 10.9 Å². The molecule has 70 heavy (non-hydrogen) atoms. The number of fused-ring (bicyclic) bond motifs is 1. The van der Waals surface area contributed by atoms with Crippen LogP contribution < -0.4 is 20.8 Å². The Hall–Kier alpha value is -5.66. The molecule has 1 aromatic carbocycles. The van der Waals surface area contributed by atoms with Gasteiger partial charge in [0.25, 0.3) is 5.91 Å². The maximum absolute atomic E-state index is 15.1. The molecule has 1 aliphatic rings. The molecule has 1 fully saturated rings. The van der Waals surface area contributed by atoms with Crippen molar-refractivity contribution in [1.82, 2.24) is 35.4 Å². The molecule has 1 aliphatic heterocycles. The first-order valence-corrected chi connectivity index (χ1v) is 25.5. The van der Waals surface area contributed by atoms with E-state index in [1.165, 1.54) is 49.9 Å². The van der Waals surface area contributed by atoms with Gasteiger partial charge in [0.05, 0.1) is 11.6 Å². The minimum atomic E-state index is -1.50. The Labute approximate surface area is 417 Å². The number of para-hydroxylation sites is 1. The van der Waals surface area contributed by atoms with Crippen LogP contribution in [0.5, 0.6) is 0 Å². The molecule has 3 N–H and O–H groups in total. The van der Waals surface area contributed by atoms with Crippen LogP contribution in [0.2, 0.25) is 0 Å². The summed E-state index contributed by atoms with van der Waals surface area (Å²) >= 11 is 0. The van der Waals surface area contributed by atoms with E-state index >= 15 is 9.59 Å². The Bertz CT molecular complexity index is 2120. The fourth-order valence-corrected chi connectivity index (χ4v) is 9.19. The lowest BCUT2D eigenvalue weighted by Crippen LogP contribution is -2.60. The van der Waals surface area contributed by atoms with E-state index in [2.05, 4.69) is 29.8 Å². The van der Waals surface area contributed by atoms with Crippen LogP contribution >= 0.6 is 0 Å². The fourth-order valence-electron chi connectivity index (χ4n) is 9.19. The van der Waals surface area contributed by atoms with E-state index in [0.717, 1.165) is 49.4 Å². The standard InChI is InChI=1S/C53H84N8O9/c1-14-16-21-35(7)29-41-50(65)58(10)37(9)53(68)70-46(25-20-26-54)49(64)57-42(30-36(8)22-17-15-2)52(67)59(11)44(28-34(5)6)47(62)55-40(27-33(3)4)51(66)60(12)45(48(63)56-41)31-38-32-61(69-13)43-24-19-18-23-39(38)43/h18-19,23-24,32-37,40-42,44-46H,14-17,20-22,25,27-31H2,1-13H3,(H,55,62)(H,56,63)(H,57,64). The molecule has 0 spiro atoms. The second-order valence-corrected chi connectivity index (χ2v) is 20.5. The summed E-state index contributed by atoms with van der Waals surface area (Å²) in [5.74, 6) is -4.90. The van der Waals surface area contributed by atoms with E-state index in [4.69, 9.17) is 9.57 Å². The minimum absolute atomic E-state index is 0.00540. The molecule has 390 valence electrons. The van der Waals surface area contributed by atoms with Gasteiger partial charge in [-0.1, -0.05) is 112 Å². The van der Waals surface area contributed by atoms with Crippen LogP contribution in [0.3, 0.4) is 0 Å². The number of benzene rings is 1. The lowest BCUT2D eigenvalue weighted by molar-refractivity contribution is -0.163. The minimum Gasteiger partial charge on any atom is -0.451 e. The Morgan fingerprint density at radius 2 is 1.17 bits per heavy atom. The second-order valence-electron chi connectivity index (χ2n) is 20.5. The quantitative estimate of drug-likeness (QED) is 0.141. The van der Waals surface area contributed by atoms with Crippen LogP contribution in [0.15, 0.2) is 30.5 Å². The van der Waals surface area contributed by atoms with Crippen LogP contribution in [0, 0.1) is 35.0 Å². The summed E-state index contributed by atoms with van der Waals surface area (Å²) in [6.07, 6.45) is 5.86. The number of amides is 6. The Balaban J connectivity index is 2.33. The van der Waals surface area contributed by atoms with Gasteiger partial charge in [0, 0.05) is 52.0 Å². The Morgan fingerprint density at radius 3 is 1.69 bits per heavy atom. The van der Waals surface area contributed by atoms with Gasteiger partial charge in [0.15, 0.2) is 6.10 Å². The molecule has 2 heterocycles. The van der Waals surface area contributed by atoms with E-state index in [9.17, 15) is 29.2 Å². The van der Waals surface area contributed by atoms with Crippen LogP contribution in [-0.2, 0) is 44.7 Å². The third-order valence-corrected chi connectivity index (χ3v) is 13.6. The van der Waals surface area contributed by atoms with Crippen molar-refractivity contribution in [1.29, 1.82) is 5.26 Å². The van der Waals surface area contributed by atoms with E-state index in [-0.39, 0.29) is 68.6 Å². The molecule has 9 unspecified atom stereocenters. The molecule has 17 nitrogen and oxygen atoms in total. The summed E-state index contributed by atoms with van der Waals surface area (Å²) in [5, 5.41) is 19.2. The largest absolute Gasteiger partial charge is 0.451 e. The summed E-state index contributed by atoms with van der Waals surface area (Å²) in [6.45, 7) is 17.2. The summed E-state index contributed by atoms with van der Waals surface area (Å²) in [7, 11) is 5.96. The summed E-state index contributed by atoms with van der Waals surface area (Å²) < 4.78 is 7.40. The average Bonchev–Trinajstić information content (AvgIpc) is 3.68. The van der Waals surface area contributed by atoms with E-state index in [1.807, 2.05) is 71.9 Å². The zero-order chi connectivity index (χ0) is 52.4. The zero-order valence-corrected chi connectivity index (χ0v) is 44.3. The van der Waals surface area contributed by atoms with E-state index in [0.29, 0.717) is 5.56 Å². The highest BCUT2D eigenvalue weighted by molar-refractivity contribution is 5.98. The number of nitrogens with one attached hydrogen (secondary N) is 3. The predicted octanol–water partition coefficient (Wildman–Crippen LogP) is 5.95. The average molecular weight is 977 g/mol. The number of hydrogen-bond donors (Lipinski definition) is 3. The molecule has 2 aromatic rings. The van der Waals surface area contributed by atoms with Gasteiger partial charge in [-0.3, -0.25) is 28.8 Å². The molecule has 9 atom stereocenters. The van der Waals surface area contributed by atoms with Crippen LogP contribution in [0.4, 0.5) is 0 Å². The van der Waals surface area contributed by atoms with Gasteiger partial charge >= 0.3 is 5.97 Å². The highest BCUT2D eigenvalue weighted by Gasteiger charge is 2.41. The van der Waals surface area contributed by atoms with Crippen molar-refractivity contribution in [2.24, 2.45) is 23.7 Å². The highest BCUT2D eigenvalue weighted by Crippen LogP contribution is 2.26. The first-order chi connectivity index (χ1) is 33.1. The number of nitriles is 1. The normalized spacial score (nSPS) is 23.9. The second kappa shape index (κ2) is 28.3. The number of hydrogen-bond acceptors (Lipinski definition) is 10. The number of ether oxygens (including phenoxy) is 1. The van der Waals surface area contributed by atoms with Gasteiger partial charge in [-0.05, 0) is 67.9 Å². The number of carbonyl (C=O) groups is 7. The van der Waals surface area contributed by atoms with E-state index < -0.39 is 83.8 Å². The van der Waals surface area contributed by atoms with Crippen LogP contribution in [0.25, 0.3) is 10.9 Å². The topological polar surface area (TPSA) is 212 Å². The van der Waals surface area contributed by atoms with Crippen molar-refractivity contribution in [2.45, 2.75) is 188 Å². The van der Waals surface area contributed by atoms with Crippen molar-refractivity contribution in [2.75, 3.05) is 28.3 Å². The zero-order valence-electron chi connectivity index (χ0n) is 44.3. The van der Waals surface area contributed by atoms with Gasteiger partial charge < -0.3 is 40.2 Å². The molecule has 0 saturated carbocycles. The van der Waals surface area contributed by atoms with Gasteiger partial charge in [-0.25, -0.2) is 4.79 Å². The van der Waals surface area contributed by atoms with Gasteiger partial charge in [0.2, 0.25) is 29.5 Å². The lowest BCUT2D eigenvalue weighted by atomic mass is 9.94. The van der Waals surface area contributed by atoms with Crippen molar-refractivity contribution >= 4 is 52.3 Å². The van der Waals surface area contributed by atoms with Crippen LogP contribution in [-0.4, -0.2) is 131 Å². The Kier molecular flexibility index (Phi) is 23.7. The number of rotatable bonds is 19. The molecule has 1 saturated heterocycles. The number of carbonyl (C=O) groups excluding carboxylic acids is 7. The Morgan fingerprint density at radius 1 is 0.686 bits per heavy atom. The molecule has 3 rings (SSSR count). The van der Waals surface area contributed by atoms with Gasteiger partial charge in [-0.2, -0.15) is 9.99 Å². The van der Waals surface area contributed by atoms with Gasteiger partial charge in [0.1, 0.15) is 43.4 Å². The predicted molar refractivity (Wildman–Crippen MR) is 270 cm³/mol. The first-order valence-electron chi connectivity index (χ1n) is 25.5. The third-order valence-electron chi connectivity index (χ3n) is 13.6. The molecule has 0 bridgehead atoms. The lowest BCUT2D eigenvalue weighted by Gasteiger charge is -2.35. The fraction of sp³-hybridized carbons (Fsp3) is 0.698. The molecule has 1 aromatic heterocycles. The maximum Gasteiger partial charge on any atom is 0.329 e. The van der Waals surface area contributed by atoms with Crippen molar-refractivity contribution in [3.05, 3.63) is 36.0 Å². The SMILES string of the molecule is CCCCC(C)CC1NC(=O)C(Cc2cn(OC)c3ccccc23)N(C)C(=O)C(CC(C)C)NC(=O)C(CC(C)C)N(C)C(=O)C(CC(C)CCCC)NC(=O)C(CCC#N)OC(=O)C(C)N(C)C1=O. The molecule has 0 aliphatic carbocycles. The molecule has 6 amide bonds. The molecule has 17 heteroatoms. The maximum atomic E-state index is 15.1. The molecule has 0 radical (unpaired) electrons. The summed E-state index contributed by atoms with van der Waals surface area (Å²) in [5.41, 5.74) is 1.42. The smallest absolute Gasteiger partial charge is 0.329 e. The van der Waals surface area contributed by atoms with Gasteiger partial charge in [-0.15, -0.1) is 0 Å². The first kappa shape index (κ1) is 58.7. The summed E-state index contributed by atoms with van der Waals surface area (Å²) in [4.78, 5) is 112. The van der Waals surface area contributed by atoms with Crippen LogP contribution in [0.1, 0.15) is 145 Å². The molecular weight excluding hydrogens is 893 g/mol. The van der Waals surface area contributed by atoms with Crippen molar-refractivity contribution in [3.8, 4) is 6.07 Å².